The van der Waals surface area contributed by atoms with E-state index in [-0.39, 0.29) is 29.4 Å². The van der Waals surface area contributed by atoms with Crippen LogP contribution in [0.3, 0.4) is 0 Å². The second-order valence-corrected chi connectivity index (χ2v) is 11.3. The summed E-state index contributed by atoms with van der Waals surface area (Å²) in [5.74, 6) is -4.86. The largest absolute Gasteiger partial charge is 0.507 e. The number of carbonyl (C=O) groups excluding carboxylic acids is 4. The first-order chi connectivity index (χ1) is 16.5. The van der Waals surface area contributed by atoms with Gasteiger partial charge in [-0.2, -0.15) is 0 Å². The minimum absolute atomic E-state index is 0.0661. The average molecular weight is 582 g/mol. The number of allylic oxidation sites excluding steroid dienone is 3. The van der Waals surface area contributed by atoms with Gasteiger partial charge in [0, 0.05) is 18.5 Å². The number of phenols is 1. The van der Waals surface area contributed by atoms with Crippen LogP contribution in [0.25, 0.3) is 0 Å². The third-order valence-electron chi connectivity index (χ3n) is 8.06. The summed E-state index contributed by atoms with van der Waals surface area (Å²) in [7, 11) is 1.45. The van der Waals surface area contributed by atoms with Crippen molar-refractivity contribution in [1.29, 1.82) is 0 Å². The molecule has 4 amide bonds. The highest BCUT2D eigenvalue weighted by atomic mass is 79.9. The Balaban J connectivity index is 1.77. The molecule has 2 aliphatic heterocycles. The van der Waals surface area contributed by atoms with E-state index in [1.54, 1.807) is 24.3 Å². The third-order valence-corrected chi connectivity index (χ3v) is 9.98. The van der Waals surface area contributed by atoms with Crippen molar-refractivity contribution in [2.45, 2.75) is 34.9 Å². The zero-order valence-corrected chi connectivity index (χ0v) is 21.9. The standard InChI is InChI=1S/C25H23BrCl2N2O5/c1-3-5-12-6-4-7-15(19(12)31)18-13-8-9-14-17(21(33)29(2)20(14)32)16(13)10-24(27)22(34)30(11-26)23(35)25(18,24)28/h3-4,6-8,14,16-18,31H,1,5,9-11H2,2H3/t14-,16+,17-,18+,24+,25-/m0/s1. The van der Waals surface area contributed by atoms with Crippen molar-refractivity contribution in [3.8, 4) is 5.75 Å². The second kappa shape index (κ2) is 8.18. The molecule has 0 unspecified atom stereocenters. The van der Waals surface area contributed by atoms with E-state index in [2.05, 4.69) is 22.5 Å². The number of phenolic OH excluding ortho intramolecular Hbond substituents is 1. The van der Waals surface area contributed by atoms with E-state index in [1.807, 2.05) is 6.08 Å². The van der Waals surface area contributed by atoms with Gasteiger partial charge in [-0.25, -0.2) is 0 Å². The normalized spacial score (nSPS) is 36.2. The zero-order valence-electron chi connectivity index (χ0n) is 18.8. The topological polar surface area (TPSA) is 95.0 Å². The number of imide groups is 2. The summed E-state index contributed by atoms with van der Waals surface area (Å²) in [5, 5.41) is 11.3. The van der Waals surface area contributed by atoms with E-state index in [1.165, 1.54) is 7.05 Å². The molecule has 3 fully saturated rings. The van der Waals surface area contributed by atoms with Crippen LogP contribution in [0.5, 0.6) is 5.75 Å². The Bertz CT molecular complexity index is 1230. The highest BCUT2D eigenvalue weighted by molar-refractivity contribution is 9.09. The van der Waals surface area contributed by atoms with Crippen LogP contribution < -0.4 is 0 Å². The molecule has 1 saturated carbocycles. The number of nitrogens with zero attached hydrogens (tertiary/aromatic N) is 2. The molecule has 2 aliphatic carbocycles. The highest BCUT2D eigenvalue weighted by Crippen LogP contribution is 2.66. The van der Waals surface area contributed by atoms with Crippen molar-refractivity contribution >= 4 is 62.8 Å². The van der Waals surface area contributed by atoms with Crippen molar-refractivity contribution in [3.63, 3.8) is 0 Å². The number of fused-ring (bicyclic) bond motifs is 4. The van der Waals surface area contributed by atoms with Crippen LogP contribution in [0.4, 0.5) is 0 Å². The van der Waals surface area contributed by atoms with Gasteiger partial charge in [-0.1, -0.05) is 51.9 Å². The van der Waals surface area contributed by atoms with Gasteiger partial charge in [-0.3, -0.25) is 29.0 Å². The van der Waals surface area contributed by atoms with E-state index in [0.29, 0.717) is 29.5 Å². The van der Waals surface area contributed by atoms with E-state index in [0.717, 1.165) is 9.80 Å². The van der Waals surface area contributed by atoms with Crippen molar-refractivity contribution in [2.24, 2.45) is 17.8 Å². The van der Waals surface area contributed by atoms with Crippen molar-refractivity contribution in [1.82, 2.24) is 9.80 Å². The number of rotatable bonds is 4. The lowest BCUT2D eigenvalue weighted by atomic mass is 9.56. The Morgan fingerprint density at radius 3 is 2.54 bits per heavy atom. The number of halogens is 3. The SMILES string of the molecule is C=CCc1cccc([C@H]2C3=CC[C@@H]4C(=O)N(C)C(=O)[C@@H]4[C@@H]3C[C@@]3(Cl)C(=O)N(CBr)C(=O)[C@@]23Cl)c1O. The molecule has 6 atom stereocenters. The molecule has 0 spiro atoms. The summed E-state index contributed by atoms with van der Waals surface area (Å²) in [6.07, 6.45) is 4.08. The summed E-state index contributed by atoms with van der Waals surface area (Å²) in [4.78, 5) is 51.4. The van der Waals surface area contributed by atoms with Gasteiger partial charge < -0.3 is 5.11 Å². The molecule has 1 aromatic rings. The van der Waals surface area contributed by atoms with Gasteiger partial charge in [-0.15, -0.1) is 29.8 Å². The maximum Gasteiger partial charge on any atom is 0.254 e. The molecule has 0 bridgehead atoms. The number of carbonyl (C=O) groups is 4. The second-order valence-electron chi connectivity index (χ2n) is 9.57. The summed E-state index contributed by atoms with van der Waals surface area (Å²) < 4.78 is 0. The molecular formula is C25H23BrCl2N2O5. The summed E-state index contributed by atoms with van der Waals surface area (Å²) in [6.45, 7) is 3.73. The van der Waals surface area contributed by atoms with Gasteiger partial charge in [0.15, 0.2) is 9.75 Å². The Labute approximate surface area is 220 Å². The van der Waals surface area contributed by atoms with Gasteiger partial charge in [0.1, 0.15) is 5.75 Å². The Morgan fingerprint density at radius 2 is 1.89 bits per heavy atom. The molecule has 1 N–H and O–H groups in total. The summed E-state index contributed by atoms with van der Waals surface area (Å²) in [5.41, 5.74) is 1.48. The maximum atomic E-state index is 13.7. The number of benzene rings is 1. The Kier molecular flexibility index (Phi) is 5.73. The van der Waals surface area contributed by atoms with Gasteiger partial charge >= 0.3 is 0 Å². The number of likely N-dealkylation sites (tertiary alicyclic amines) is 2. The van der Waals surface area contributed by atoms with Crippen LogP contribution in [0, 0.1) is 17.8 Å². The number of aromatic hydroxyl groups is 1. The van der Waals surface area contributed by atoms with Crippen molar-refractivity contribution in [2.75, 3.05) is 12.5 Å². The monoisotopic (exact) mass is 580 g/mol. The first-order valence-corrected chi connectivity index (χ1v) is 13.2. The zero-order chi connectivity index (χ0) is 25.4. The lowest BCUT2D eigenvalue weighted by molar-refractivity contribution is -0.140. The van der Waals surface area contributed by atoms with E-state index in [9.17, 15) is 24.3 Å². The predicted molar refractivity (Wildman–Crippen MR) is 133 cm³/mol. The molecule has 0 aromatic heterocycles. The first kappa shape index (κ1) is 24.5. The average Bonchev–Trinajstić information content (AvgIpc) is 3.14. The molecule has 184 valence electrons. The van der Waals surface area contributed by atoms with Crippen LogP contribution in [0.1, 0.15) is 29.9 Å². The molecule has 10 heteroatoms. The molecule has 2 saturated heterocycles. The lowest BCUT2D eigenvalue weighted by Crippen LogP contribution is -2.60. The molecular weight excluding hydrogens is 559 g/mol. The summed E-state index contributed by atoms with van der Waals surface area (Å²) in [6, 6.07) is 5.13. The quantitative estimate of drug-likeness (QED) is 0.254. The minimum Gasteiger partial charge on any atom is -0.507 e. The third kappa shape index (κ3) is 2.96. The van der Waals surface area contributed by atoms with Gasteiger partial charge in [-0.05, 0) is 30.7 Å². The Morgan fingerprint density at radius 1 is 1.17 bits per heavy atom. The number of alkyl halides is 3. The van der Waals surface area contributed by atoms with E-state index < -0.39 is 45.2 Å². The highest BCUT2D eigenvalue weighted by Gasteiger charge is 2.76. The van der Waals surface area contributed by atoms with Gasteiger partial charge in [0.05, 0.1) is 17.3 Å². The minimum atomic E-state index is -1.93. The fourth-order valence-corrected chi connectivity index (χ4v) is 7.84. The Hall–Kier alpha value is -2.16. The molecule has 35 heavy (non-hydrogen) atoms. The number of amides is 4. The summed E-state index contributed by atoms with van der Waals surface area (Å²) >= 11 is 17.4. The van der Waals surface area contributed by atoms with Gasteiger partial charge in [0.25, 0.3) is 11.8 Å². The molecule has 5 rings (SSSR count). The van der Waals surface area contributed by atoms with Crippen LogP contribution in [-0.2, 0) is 25.6 Å². The van der Waals surface area contributed by atoms with Crippen LogP contribution >= 0.6 is 39.1 Å². The number of hydrogen-bond donors (Lipinski definition) is 1. The fraction of sp³-hybridized carbons (Fsp3) is 0.440. The lowest BCUT2D eigenvalue weighted by Gasteiger charge is -2.50. The molecule has 0 radical (unpaired) electrons. The van der Waals surface area contributed by atoms with Crippen LogP contribution in [0.15, 0.2) is 42.5 Å². The smallest absolute Gasteiger partial charge is 0.254 e. The van der Waals surface area contributed by atoms with E-state index in [4.69, 9.17) is 23.2 Å². The first-order valence-electron chi connectivity index (χ1n) is 11.3. The predicted octanol–water partition coefficient (Wildman–Crippen LogP) is 3.46. The molecule has 7 nitrogen and oxygen atoms in total. The fourth-order valence-electron chi connectivity index (χ4n) is 6.42. The molecule has 1 aromatic carbocycles. The van der Waals surface area contributed by atoms with Crippen molar-refractivity contribution in [3.05, 3.63) is 53.6 Å². The van der Waals surface area contributed by atoms with Crippen molar-refractivity contribution < 1.29 is 24.3 Å². The number of hydrogen-bond acceptors (Lipinski definition) is 5. The molecule has 2 heterocycles. The number of para-hydroxylation sites is 1. The van der Waals surface area contributed by atoms with E-state index >= 15 is 0 Å². The maximum absolute atomic E-state index is 13.7. The van der Waals surface area contributed by atoms with Crippen LogP contribution in [-0.4, -0.2) is 60.8 Å². The van der Waals surface area contributed by atoms with Crippen LogP contribution in [0.2, 0.25) is 0 Å². The van der Waals surface area contributed by atoms with Gasteiger partial charge in [0.2, 0.25) is 11.8 Å². The molecule has 4 aliphatic rings.